The van der Waals surface area contributed by atoms with Gasteiger partial charge in [0.1, 0.15) is 0 Å². The minimum atomic E-state index is 0.572. The van der Waals surface area contributed by atoms with E-state index in [0.29, 0.717) is 17.6 Å². The van der Waals surface area contributed by atoms with Crippen LogP contribution in [0.2, 0.25) is 0 Å². The van der Waals surface area contributed by atoms with E-state index in [1.807, 2.05) is 22.7 Å². The molecular weight excluding hydrogens is 693 g/mol. The number of thiophene rings is 3. The van der Waals surface area contributed by atoms with Gasteiger partial charge in [0.2, 0.25) is 5.95 Å². The van der Waals surface area contributed by atoms with Gasteiger partial charge in [0.05, 0.1) is 5.69 Å². The molecule has 0 spiro atoms. The summed E-state index contributed by atoms with van der Waals surface area (Å²) in [6.45, 7) is 0. The summed E-state index contributed by atoms with van der Waals surface area (Å²) >= 11 is 5.42. The van der Waals surface area contributed by atoms with Crippen LogP contribution in [-0.4, -0.2) is 15.0 Å². The van der Waals surface area contributed by atoms with E-state index in [-0.39, 0.29) is 0 Å². The molecule has 0 amide bonds. The molecule has 11 rings (SSSR count). The minimum absolute atomic E-state index is 0.572. The van der Waals surface area contributed by atoms with Gasteiger partial charge in [-0.15, -0.1) is 34.0 Å². The molecule has 0 radical (unpaired) electrons. The smallest absolute Gasteiger partial charge is 0.238 e. The number of anilines is 3. The molecule has 52 heavy (non-hydrogen) atoms. The molecule has 0 bridgehead atoms. The van der Waals surface area contributed by atoms with Gasteiger partial charge in [0, 0.05) is 77.3 Å². The third-order valence-corrected chi connectivity index (χ3v) is 13.2. The van der Waals surface area contributed by atoms with E-state index in [0.717, 1.165) is 22.5 Å². The molecule has 7 heteroatoms. The fraction of sp³-hybridized carbons (Fsp3) is 0. The van der Waals surface area contributed by atoms with E-state index in [9.17, 15) is 0 Å². The molecule has 0 aliphatic heterocycles. The van der Waals surface area contributed by atoms with Gasteiger partial charge in [-0.25, -0.2) is 4.98 Å². The van der Waals surface area contributed by atoms with E-state index in [1.165, 1.54) is 60.5 Å². The summed E-state index contributed by atoms with van der Waals surface area (Å²) in [6.07, 6.45) is 0. The van der Waals surface area contributed by atoms with E-state index < -0.39 is 0 Å². The third-order valence-electron chi connectivity index (χ3n) is 9.74. The maximum atomic E-state index is 5.39. The van der Waals surface area contributed by atoms with E-state index in [1.54, 1.807) is 11.3 Å². The van der Waals surface area contributed by atoms with Crippen LogP contribution < -0.4 is 4.90 Å². The maximum Gasteiger partial charge on any atom is 0.238 e. The molecule has 0 aliphatic rings. The van der Waals surface area contributed by atoms with E-state index in [2.05, 4.69) is 163 Å². The van der Waals surface area contributed by atoms with Crippen molar-refractivity contribution < 1.29 is 0 Å². The average molecular weight is 719 g/mol. The van der Waals surface area contributed by atoms with E-state index >= 15 is 0 Å². The Balaban J connectivity index is 1.22. The first-order valence-electron chi connectivity index (χ1n) is 17.1. The van der Waals surface area contributed by atoms with Crippen molar-refractivity contribution in [3.05, 3.63) is 158 Å². The summed E-state index contributed by atoms with van der Waals surface area (Å²) in [6, 6.07) is 55.9. The fourth-order valence-corrected chi connectivity index (χ4v) is 10.8. The zero-order chi connectivity index (χ0) is 34.2. The first-order valence-corrected chi connectivity index (χ1v) is 19.6. The number of rotatable bonds is 5. The predicted molar refractivity (Wildman–Crippen MR) is 224 cm³/mol. The Kier molecular flexibility index (Phi) is 6.73. The summed E-state index contributed by atoms with van der Waals surface area (Å²) in [5.74, 6) is 1.86. The molecular formula is C45H26N4S3. The van der Waals surface area contributed by atoms with Gasteiger partial charge < -0.3 is 0 Å². The molecule has 11 aromatic rings. The molecule has 0 saturated carbocycles. The quantitative estimate of drug-likeness (QED) is 0.178. The van der Waals surface area contributed by atoms with Crippen molar-refractivity contribution in [3.8, 4) is 22.8 Å². The second-order valence-electron chi connectivity index (χ2n) is 12.8. The lowest BCUT2D eigenvalue weighted by Gasteiger charge is -2.25. The van der Waals surface area contributed by atoms with Crippen LogP contribution in [0, 0.1) is 0 Å². The van der Waals surface area contributed by atoms with Gasteiger partial charge in [-0.2, -0.15) is 9.97 Å². The molecule has 7 aromatic carbocycles. The van der Waals surface area contributed by atoms with Gasteiger partial charge in [0.15, 0.2) is 11.6 Å². The zero-order valence-corrected chi connectivity index (χ0v) is 30.0. The van der Waals surface area contributed by atoms with Crippen molar-refractivity contribution in [2.24, 2.45) is 0 Å². The highest BCUT2D eigenvalue weighted by molar-refractivity contribution is 7.26. The number of aromatic nitrogens is 3. The summed E-state index contributed by atoms with van der Waals surface area (Å²) in [5, 5.41) is 7.32. The van der Waals surface area contributed by atoms with Gasteiger partial charge >= 0.3 is 0 Å². The Morgan fingerprint density at radius 3 is 1.83 bits per heavy atom. The standard InChI is InChI=1S/C45H26N4S3/c1-2-12-28(13-3-1)49(35-19-11-23-40-41(35)32-16-6-9-22-38(32)51-40)45-47-43(27-24-25-39-34(26-27)30-15-5-7-20-36(30)50-39)46-44(48-45)33-18-10-17-31-29-14-4-8-21-37(29)52-42(31)33/h1-26H. The van der Waals surface area contributed by atoms with Crippen LogP contribution in [-0.2, 0) is 0 Å². The lowest BCUT2D eigenvalue weighted by Crippen LogP contribution is -2.15. The van der Waals surface area contributed by atoms with Gasteiger partial charge in [0.25, 0.3) is 0 Å². The van der Waals surface area contributed by atoms with Crippen molar-refractivity contribution in [2.45, 2.75) is 0 Å². The minimum Gasteiger partial charge on any atom is -0.278 e. The number of nitrogens with zero attached hydrogens (tertiary/aromatic N) is 4. The van der Waals surface area contributed by atoms with Crippen LogP contribution in [0.1, 0.15) is 0 Å². The molecule has 244 valence electrons. The highest BCUT2D eigenvalue weighted by Crippen LogP contribution is 2.45. The molecule has 0 saturated heterocycles. The van der Waals surface area contributed by atoms with Crippen LogP contribution in [0.5, 0.6) is 0 Å². The highest BCUT2D eigenvalue weighted by atomic mass is 32.1. The monoisotopic (exact) mass is 718 g/mol. The van der Waals surface area contributed by atoms with Crippen molar-refractivity contribution in [1.82, 2.24) is 15.0 Å². The Hall–Kier alpha value is -5.99. The molecule has 4 heterocycles. The number of hydrogen-bond acceptors (Lipinski definition) is 7. The molecule has 0 N–H and O–H groups in total. The molecule has 4 aromatic heterocycles. The second kappa shape index (κ2) is 11.8. The van der Waals surface area contributed by atoms with Crippen molar-refractivity contribution >= 4 is 112 Å². The maximum absolute atomic E-state index is 5.39. The molecule has 0 atom stereocenters. The number of hydrogen-bond donors (Lipinski definition) is 0. The first-order chi connectivity index (χ1) is 25.8. The molecule has 0 fully saturated rings. The summed E-state index contributed by atoms with van der Waals surface area (Å²) in [5.41, 5.74) is 3.96. The van der Waals surface area contributed by atoms with Crippen LogP contribution >= 0.6 is 34.0 Å². The third kappa shape index (κ3) is 4.67. The largest absolute Gasteiger partial charge is 0.278 e. The normalized spacial score (nSPS) is 11.8. The lowest BCUT2D eigenvalue weighted by atomic mass is 10.1. The Morgan fingerprint density at radius 1 is 0.404 bits per heavy atom. The molecule has 0 aliphatic carbocycles. The van der Waals surface area contributed by atoms with Crippen molar-refractivity contribution in [2.75, 3.05) is 4.90 Å². The SMILES string of the molecule is c1ccc(N(c2nc(-c3ccc4sc5ccccc5c4c3)nc(-c3cccc4c3sc3ccccc34)n2)c2cccc3sc4ccccc4c23)cc1. The first kappa shape index (κ1) is 29.7. The van der Waals surface area contributed by atoms with Crippen LogP contribution in [0.25, 0.3) is 83.3 Å². The van der Waals surface area contributed by atoms with Crippen molar-refractivity contribution in [1.29, 1.82) is 0 Å². The number of para-hydroxylation sites is 1. The van der Waals surface area contributed by atoms with E-state index in [4.69, 9.17) is 15.0 Å². The second-order valence-corrected chi connectivity index (χ2v) is 16.0. The Labute approximate surface area is 310 Å². The highest BCUT2D eigenvalue weighted by Gasteiger charge is 2.24. The average Bonchev–Trinajstić information content (AvgIpc) is 3.89. The molecule has 4 nitrogen and oxygen atoms in total. The number of fused-ring (bicyclic) bond motifs is 9. The lowest BCUT2D eigenvalue weighted by molar-refractivity contribution is 1.03. The Bertz CT molecular complexity index is 3160. The van der Waals surface area contributed by atoms with Crippen molar-refractivity contribution in [3.63, 3.8) is 0 Å². The fourth-order valence-electron chi connectivity index (χ4n) is 7.38. The van der Waals surface area contributed by atoms with Gasteiger partial charge in [-0.3, -0.25) is 4.90 Å². The summed E-state index contributed by atoms with van der Waals surface area (Å²) < 4.78 is 7.41. The van der Waals surface area contributed by atoms with Crippen LogP contribution in [0.15, 0.2) is 158 Å². The summed E-state index contributed by atoms with van der Waals surface area (Å²) in [4.78, 5) is 18.3. The van der Waals surface area contributed by atoms with Crippen LogP contribution in [0.4, 0.5) is 17.3 Å². The molecule has 0 unspecified atom stereocenters. The Morgan fingerprint density at radius 2 is 1.00 bits per heavy atom. The predicted octanol–water partition coefficient (Wildman–Crippen LogP) is 13.8. The topological polar surface area (TPSA) is 41.9 Å². The number of benzene rings is 7. The van der Waals surface area contributed by atoms with Gasteiger partial charge in [-0.05, 0) is 66.7 Å². The zero-order valence-electron chi connectivity index (χ0n) is 27.5. The summed E-state index contributed by atoms with van der Waals surface area (Å²) in [7, 11) is 0. The van der Waals surface area contributed by atoms with Gasteiger partial charge in [-0.1, -0.05) is 91.0 Å². The van der Waals surface area contributed by atoms with Crippen LogP contribution in [0.3, 0.4) is 0 Å².